The van der Waals surface area contributed by atoms with Crippen molar-refractivity contribution >= 4 is 23.7 Å². The number of fused-ring (bicyclic) bond motifs is 1. The molecule has 0 N–H and O–H groups in total. The molecular formula is C23H28N2O5. The number of hydrogen-bond acceptors (Lipinski definition) is 5. The van der Waals surface area contributed by atoms with Crippen molar-refractivity contribution in [1.82, 2.24) is 9.80 Å². The van der Waals surface area contributed by atoms with Gasteiger partial charge in [0, 0.05) is 12.6 Å². The maximum absolute atomic E-state index is 13.0. The Morgan fingerprint density at radius 3 is 2.50 bits per heavy atom. The molecule has 1 aliphatic heterocycles. The lowest BCUT2D eigenvalue weighted by Crippen LogP contribution is -2.49. The molecule has 3 aliphatic rings. The van der Waals surface area contributed by atoms with Crippen molar-refractivity contribution in [3.8, 4) is 0 Å². The third kappa shape index (κ3) is 3.40. The summed E-state index contributed by atoms with van der Waals surface area (Å²) in [5, 5.41) is 0. The molecule has 160 valence electrons. The Morgan fingerprint density at radius 2 is 1.77 bits per heavy atom. The number of ketones is 1. The number of nitrogens with zero attached hydrogens (tertiary/aromatic N) is 2. The number of aryl methyl sites for hydroxylation is 2. The summed E-state index contributed by atoms with van der Waals surface area (Å²) in [6.45, 7) is 1.06. The first kappa shape index (κ1) is 20.6. The monoisotopic (exact) mass is 412 g/mol. The molecule has 1 unspecified atom stereocenters. The second kappa shape index (κ2) is 7.85. The topological polar surface area (TPSA) is 84.0 Å². The highest BCUT2D eigenvalue weighted by Gasteiger charge is 2.56. The molecule has 1 aromatic carbocycles. The average molecular weight is 412 g/mol. The third-order valence-electron chi connectivity index (χ3n) is 6.83. The SMILES string of the molecule is CC(OC(=O)CN1C(=O)N(C)C2(CCCCC2)C1=O)C(=O)c1ccc2c(c1)CCC2. The van der Waals surface area contributed by atoms with E-state index < -0.39 is 30.2 Å². The zero-order chi connectivity index (χ0) is 21.5. The van der Waals surface area contributed by atoms with Gasteiger partial charge < -0.3 is 9.64 Å². The Kier molecular flexibility index (Phi) is 5.38. The van der Waals surface area contributed by atoms with E-state index in [9.17, 15) is 19.2 Å². The van der Waals surface area contributed by atoms with Gasteiger partial charge in [-0.2, -0.15) is 0 Å². The molecular weight excluding hydrogens is 384 g/mol. The van der Waals surface area contributed by atoms with Gasteiger partial charge in [0.2, 0.25) is 5.78 Å². The van der Waals surface area contributed by atoms with Gasteiger partial charge in [0.1, 0.15) is 12.1 Å². The van der Waals surface area contributed by atoms with Crippen LogP contribution in [0.1, 0.15) is 66.9 Å². The van der Waals surface area contributed by atoms with Gasteiger partial charge in [-0.05, 0) is 56.2 Å². The lowest BCUT2D eigenvalue weighted by atomic mass is 9.81. The van der Waals surface area contributed by atoms with Crippen molar-refractivity contribution in [1.29, 1.82) is 0 Å². The molecule has 1 atom stereocenters. The summed E-state index contributed by atoms with van der Waals surface area (Å²) in [5.74, 6) is -1.36. The van der Waals surface area contributed by atoms with Crippen LogP contribution >= 0.6 is 0 Å². The van der Waals surface area contributed by atoms with E-state index in [0.717, 1.165) is 43.4 Å². The predicted molar refractivity (Wildman–Crippen MR) is 109 cm³/mol. The maximum atomic E-state index is 13.0. The fraction of sp³-hybridized carbons (Fsp3) is 0.565. The lowest BCUT2D eigenvalue weighted by molar-refractivity contribution is -0.150. The van der Waals surface area contributed by atoms with Crippen molar-refractivity contribution in [2.45, 2.75) is 69.9 Å². The number of urea groups is 1. The van der Waals surface area contributed by atoms with Crippen molar-refractivity contribution in [2.75, 3.05) is 13.6 Å². The molecule has 1 saturated carbocycles. The third-order valence-corrected chi connectivity index (χ3v) is 6.83. The second-order valence-corrected chi connectivity index (χ2v) is 8.66. The minimum absolute atomic E-state index is 0.280. The van der Waals surface area contributed by atoms with Crippen molar-refractivity contribution in [3.05, 3.63) is 34.9 Å². The van der Waals surface area contributed by atoms with Crippen LogP contribution in [0.15, 0.2) is 18.2 Å². The Hall–Kier alpha value is -2.70. The number of carbonyl (C=O) groups excluding carboxylic acids is 4. The molecule has 2 fully saturated rings. The van der Waals surface area contributed by atoms with Crippen molar-refractivity contribution in [2.24, 2.45) is 0 Å². The minimum atomic E-state index is -0.980. The van der Waals surface area contributed by atoms with Crippen LogP contribution in [-0.4, -0.2) is 58.7 Å². The molecule has 7 heteroatoms. The minimum Gasteiger partial charge on any atom is -0.453 e. The van der Waals surface area contributed by atoms with Crippen LogP contribution in [0.3, 0.4) is 0 Å². The summed E-state index contributed by atoms with van der Waals surface area (Å²) in [6.07, 6.45) is 6.14. The molecule has 0 radical (unpaired) electrons. The van der Waals surface area contributed by atoms with E-state index in [-0.39, 0.29) is 11.7 Å². The van der Waals surface area contributed by atoms with Crippen molar-refractivity contribution in [3.63, 3.8) is 0 Å². The number of Topliss-reactive ketones (excluding diaryl/α,β-unsaturated/α-hetero) is 1. The largest absolute Gasteiger partial charge is 0.453 e. The molecule has 4 rings (SSSR count). The van der Waals surface area contributed by atoms with Crippen molar-refractivity contribution < 1.29 is 23.9 Å². The second-order valence-electron chi connectivity index (χ2n) is 8.66. The summed E-state index contributed by atoms with van der Waals surface area (Å²) in [5.41, 5.74) is 2.13. The van der Waals surface area contributed by atoms with E-state index in [2.05, 4.69) is 0 Å². The number of rotatable bonds is 5. The molecule has 0 aromatic heterocycles. The number of likely N-dealkylation sites (N-methyl/N-ethyl adjacent to an activating group) is 1. The molecule has 7 nitrogen and oxygen atoms in total. The highest BCUT2D eigenvalue weighted by atomic mass is 16.5. The smallest absolute Gasteiger partial charge is 0.327 e. The maximum Gasteiger partial charge on any atom is 0.327 e. The number of esters is 1. The summed E-state index contributed by atoms with van der Waals surface area (Å²) >= 11 is 0. The van der Waals surface area contributed by atoms with Crippen LogP contribution in [0.5, 0.6) is 0 Å². The van der Waals surface area contributed by atoms with E-state index >= 15 is 0 Å². The quantitative estimate of drug-likeness (QED) is 0.422. The zero-order valence-electron chi connectivity index (χ0n) is 17.6. The van der Waals surface area contributed by atoms with Crippen LogP contribution in [0.2, 0.25) is 0 Å². The molecule has 2 aliphatic carbocycles. The van der Waals surface area contributed by atoms with Gasteiger partial charge in [-0.1, -0.05) is 31.4 Å². The van der Waals surface area contributed by atoms with Crippen LogP contribution in [0.25, 0.3) is 0 Å². The fourth-order valence-electron chi connectivity index (χ4n) is 5.05. The molecule has 3 amide bonds. The summed E-state index contributed by atoms with van der Waals surface area (Å²) in [7, 11) is 1.62. The number of carbonyl (C=O) groups is 4. The number of imide groups is 1. The molecule has 1 saturated heterocycles. The zero-order valence-corrected chi connectivity index (χ0v) is 17.6. The molecule has 1 aromatic rings. The predicted octanol–water partition coefficient (Wildman–Crippen LogP) is 2.89. The summed E-state index contributed by atoms with van der Waals surface area (Å²) in [6, 6.07) is 5.14. The summed E-state index contributed by atoms with van der Waals surface area (Å²) < 4.78 is 5.30. The Morgan fingerprint density at radius 1 is 1.07 bits per heavy atom. The lowest BCUT2D eigenvalue weighted by Gasteiger charge is -2.35. The van der Waals surface area contributed by atoms with E-state index in [4.69, 9.17) is 4.74 Å². The summed E-state index contributed by atoms with van der Waals surface area (Å²) in [4.78, 5) is 53.2. The Labute approximate surface area is 176 Å². The van der Waals surface area contributed by atoms with Gasteiger partial charge in [-0.25, -0.2) is 4.79 Å². The van der Waals surface area contributed by atoms with Gasteiger partial charge in [0.15, 0.2) is 6.10 Å². The van der Waals surface area contributed by atoms with Gasteiger partial charge in [-0.15, -0.1) is 0 Å². The first-order chi connectivity index (χ1) is 14.3. The number of ether oxygens (including phenoxy) is 1. The molecule has 1 heterocycles. The normalized spacial score (nSPS) is 21.1. The average Bonchev–Trinajstić information content (AvgIpc) is 3.28. The number of amides is 3. The van der Waals surface area contributed by atoms with Crippen LogP contribution in [-0.2, 0) is 27.2 Å². The van der Waals surface area contributed by atoms with E-state index in [1.165, 1.54) is 23.0 Å². The van der Waals surface area contributed by atoms with Gasteiger partial charge in [0.05, 0.1) is 0 Å². The van der Waals surface area contributed by atoms with Crippen LogP contribution in [0, 0.1) is 0 Å². The standard InChI is InChI=1S/C23H28N2O5/c1-15(20(27)18-10-9-16-7-6-8-17(16)13-18)30-19(26)14-25-21(28)23(24(2)22(25)29)11-4-3-5-12-23/h9-10,13,15H,3-8,11-12,14H2,1-2H3. The highest BCUT2D eigenvalue weighted by Crippen LogP contribution is 2.39. The van der Waals surface area contributed by atoms with Gasteiger partial charge in [0.25, 0.3) is 5.91 Å². The first-order valence-electron chi connectivity index (χ1n) is 10.8. The molecule has 0 bridgehead atoms. The Balaban J connectivity index is 1.40. The van der Waals surface area contributed by atoms with Crippen LogP contribution < -0.4 is 0 Å². The molecule has 30 heavy (non-hydrogen) atoms. The van der Waals surface area contributed by atoms with Gasteiger partial charge in [-0.3, -0.25) is 19.3 Å². The van der Waals surface area contributed by atoms with Gasteiger partial charge >= 0.3 is 12.0 Å². The number of benzene rings is 1. The first-order valence-corrected chi connectivity index (χ1v) is 10.8. The number of hydrogen-bond donors (Lipinski definition) is 0. The van der Waals surface area contributed by atoms with Crippen LogP contribution in [0.4, 0.5) is 4.79 Å². The van der Waals surface area contributed by atoms with E-state index in [1.807, 2.05) is 12.1 Å². The highest BCUT2D eigenvalue weighted by molar-refractivity contribution is 6.09. The molecule has 1 spiro atoms. The van der Waals surface area contributed by atoms with E-state index in [0.29, 0.717) is 18.4 Å². The Bertz CT molecular complexity index is 903. The fourth-order valence-corrected chi connectivity index (χ4v) is 5.05. The van der Waals surface area contributed by atoms with E-state index in [1.54, 1.807) is 13.1 Å².